The highest BCUT2D eigenvalue weighted by molar-refractivity contribution is 5.91. The zero-order valence-electron chi connectivity index (χ0n) is 18.4. The van der Waals surface area contributed by atoms with E-state index in [4.69, 9.17) is 20.9 Å². The number of amides is 1. The zero-order valence-corrected chi connectivity index (χ0v) is 18.4. The lowest BCUT2D eigenvalue weighted by atomic mass is 10.0. The summed E-state index contributed by atoms with van der Waals surface area (Å²) in [6.45, 7) is 6.24. The van der Waals surface area contributed by atoms with E-state index in [1.54, 1.807) is 60.4 Å². The highest BCUT2D eigenvalue weighted by Crippen LogP contribution is 2.22. The number of nitrogens with two attached hydrogens (primary N) is 2. The van der Waals surface area contributed by atoms with Crippen LogP contribution in [0.15, 0.2) is 53.5 Å². The average molecular weight is 441 g/mol. The van der Waals surface area contributed by atoms with Gasteiger partial charge in [0.15, 0.2) is 12.6 Å². The van der Waals surface area contributed by atoms with Crippen molar-refractivity contribution >= 4 is 29.5 Å². The Kier molecular flexibility index (Phi) is 8.76. The molecule has 0 heterocycles. The molecule has 0 aromatic heterocycles. The molecule has 4 N–H and O–H groups in total. The number of benzene rings is 2. The lowest BCUT2D eigenvalue weighted by Gasteiger charge is -2.19. The number of likely N-dealkylation sites (N-methyl/N-ethyl adjacent to an activating group) is 1. The number of esters is 2. The number of rotatable bonds is 9. The van der Waals surface area contributed by atoms with E-state index in [-0.39, 0.29) is 18.5 Å². The minimum atomic E-state index is -0.577. The van der Waals surface area contributed by atoms with Crippen molar-refractivity contribution in [1.29, 1.82) is 0 Å². The maximum Gasteiger partial charge on any atom is 0.343 e. The summed E-state index contributed by atoms with van der Waals surface area (Å²) < 4.78 is 10.5. The van der Waals surface area contributed by atoms with Crippen LogP contribution in [0.3, 0.4) is 0 Å². The van der Waals surface area contributed by atoms with Gasteiger partial charge in [-0.15, -0.1) is 0 Å². The Balaban J connectivity index is 1.94. The highest BCUT2D eigenvalue weighted by atomic mass is 16.5. The van der Waals surface area contributed by atoms with Crippen LogP contribution in [-0.2, 0) is 14.3 Å². The molecule has 2 aromatic carbocycles. The third-order valence-corrected chi connectivity index (χ3v) is 4.76. The summed E-state index contributed by atoms with van der Waals surface area (Å²) in [5.41, 5.74) is 12.2. The molecule has 0 aliphatic rings. The predicted molar refractivity (Wildman–Crippen MR) is 121 cm³/mol. The normalized spacial score (nSPS) is 11.2. The average Bonchev–Trinajstić information content (AvgIpc) is 2.78. The summed E-state index contributed by atoms with van der Waals surface area (Å²) in [5.74, 6) is -1.61. The zero-order chi connectivity index (χ0) is 23.7. The highest BCUT2D eigenvalue weighted by Gasteiger charge is 2.20. The summed E-state index contributed by atoms with van der Waals surface area (Å²) in [5, 5.41) is 0. The minimum absolute atomic E-state index is 0.0750. The molecule has 1 amide bonds. The van der Waals surface area contributed by atoms with Crippen molar-refractivity contribution in [3.63, 3.8) is 0 Å². The van der Waals surface area contributed by atoms with E-state index in [1.807, 2.05) is 13.8 Å². The van der Waals surface area contributed by atoms with Gasteiger partial charge in [0.25, 0.3) is 5.91 Å². The van der Waals surface area contributed by atoms with E-state index in [1.165, 1.54) is 0 Å². The van der Waals surface area contributed by atoms with Gasteiger partial charge >= 0.3 is 11.9 Å². The van der Waals surface area contributed by atoms with Crippen molar-refractivity contribution in [3.05, 3.63) is 59.7 Å². The second-order valence-corrected chi connectivity index (χ2v) is 6.94. The number of carbonyl (C=O) groups excluding carboxylic acids is 3. The number of carbonyl (C=O) groups is 3. The summed E-state index contributed by atoms with van der Waals surface area (Å²) >= 11 is 0. The molecule has 0 bridgehead atoms. The molecule has 32 heavy (non-hydrogen) atoms. The van der Waals surface area contributed by atoms with Crippen LogP contribution in [-0.4, -0.2) is 48.4 Å². The minimum Gasteiger partial charge on any atom is -0.455 e. The van der Waals surface area contributed by atoms with Gasteiger partial charge in [0.2, 0.25) is 0 Å². The van der Waals surface area contributed by atoms with Crippen LogP contribution in [0.1, 0.15) is 42.6 Å². The number of ether oxygens (including phenoxy) is 2. The molecule has 0 saturated carbocycles. The van der Waals surface area contributed by atoms with Gasteiger partial charge in [-0.05, 0) is 62.7 Å². The molecule has 170 valence electrons. The Labute approximate surface area is 187 Å². The molecule has 1 unspecified atom stereocenters. The van der Waals surface area contributed by atoms with Gasteiger partial charge in [-0.3, -0.25) is 9.59 Å². The van der Waals surface area contributed by atoms with Crippen molar-refractivity contribution < 1.29 is 23.9 Å². The molecule has 0 aliphatic heterocycles. The van der Waals surface area contributed by atoms with Crippen LogP contribution in [0.4, 0.5) is 5.69 Å². The van der Waals surface area contributed by atoms with Crippen LogP contribution in [0.5, 0.6) is 5.75 Å². The standard InChI is InChI=1S/C23H28N4O5/c1-4-27(5-2)20(28)14-31-21(29)15(3)16-8-12-19(13-9-16)32-22(30)17-6-10-18(11-7-17)26-23(24)25/h6-13,15H,4-5,14H2,1-3H3,(H4,24,25,26). The van der Waals surface area contributed by atoms with E-state index < -0.39 is 17.9 Å². The number of aliphatic imine (C=N–C) groups is 1. The quantitative estimate of drug-likeness (QED) is 0.264. The predicted octanol–water partition coefficient (Wildman–Crippen LogP) is 2.33. The second-order valence-electron chi connectivity index (χ2n) is 6.94. The molecule has 0 saturated heterocycles. The smallest absolute Gasteiger partial charge is 0.343 e. The van der Waals surface area contributed by atoms with E-state index in [0.717, 1.165) is 0 Å². The van der Waals surface area contributed by atoms with Gasteiger partial charge in [-0.1, -0.05) is 12.1 Å². The summed E-state index contributed by atoms with van der Waals surface area (Å²) in [6, 6.07) is 12.8. The number of nitrogens with zero attached hydrogens (tertiary/aromatic N) is 2. The molecule has 9 heteroatoms. The molecule has 0 spiro atoms. The van der Waals surface area contributed by atoms with Gasteiger partial charge < -0.3 is 25.8 Å². The fraction of sp³-hybridized carbons (Fsp3) is 0.304. The van der Waals surface area contributed by atoms with Gasteiger partial charge in [0, 0.05) is 13.1 Å². The number of guanidine groups is 1. The summed E-state index contributed by atoms with van der Waals surface area (Å²) in [4.78, 5) is 42.1. The fourth-order valence-corrected chi connectivity index (χ4v) is 2.87. The Morgan fingerprint density at radius 1 is 0.969 bits per heavy atom. The van der Waals surface area contributed by atoms with E-state index >= 15 is 0 Å². The number of hydrogen-bond acceptors (Lipinski definition) is 6. The summed E-state index contributed by atoms with van der Waals surface area (Å²) in [7, 11) is 0. The second kappa shape index (κ2) is 11.5. The van der Waals surface area contributed by atoms with Crippen LogP contribution in [0.25, 0.3) is 0 Å². The lowest BCUT2D eigenvalue weighted by molar-refractivity contribution is -0.152. The molecule has 2 rings (SSSR count). The first kappa shape index (κ1) is 24.4. The van der Waals surface area contributed by atoms with E-state index in [2.05, 4.69) is 4.99 Å². The Bertz CT molecular complexity index is 963. The topological polar surface area (TPSA) is 137 Å². The lowest BCUT2D eigenvalue weighted by Crippen LogP contribution is -2.34. The van der Waals surface area contributed by atoms with Crippen molar-refractivity contribution in [2.75, 3.05) is 19.7 Å². The molecule has 2 aromatic rings. The van der Waals surface area contributed by atoms with Crippen LogP contribution in [0.2, 0.25) is 0 Å². The first-order chi connectivity index (χ1) is 15.2. The molecule has 1 atom stereocenters. The van der Waals surface area contributed by atoms with Gasteiger partial charge in [0.1, 0.15) is 5.75 Å². The monoisotopic (exact) mass is 440 g/mol. The molecule has 9 nitrogen and oxygen atoms in total. The maximum atomic E-state index is 12.3. The largest absolute Gasteiger partial charge is 0.455 e. The summed E-state index contributed by atoms with van der Waals surface area (Å²) in [6.07, 6.45) is 0. The molecule has 0 fully saturated rings. The van der Waals surface area contributed by atoms with Gasteiger partial charge in [-0.2, -0.15) is 0 Å². The first-order valence-corrected chi connectivity index (χ1v) is 10.2. The number of hydrogen-bond donors (Lipinski definition) is 2. The first-order valence-electron chi connectivity index (χ1n) is 10.2. The van der Waals surface area contributed by atoms with Crippen molar-refractivity contribution in [2.45, 2.75) is 26.7 Å². The van der Waals surface area contributed by atoms with Gasteiger partial charge in [0.05, 0.1) is 17.2 Å². The Morgan fingerprint density at radius 3 is 2.09 bits per heavy atom. The molecular formula is C23H28N4O5. The van der Waals surface area contributed by atoms with Crippen LogP contribution >= 0.6 is 0 Å². The Hall–Kier alpha value is -3.88. The van der Waals surface area contributed by atoms with Crippen molar-refractivity contribution in [2.24, 2.45) is 16.5 Å². The van der Waals surface area contributed by atoms with Crippen molar-refractivity contribution in [3.8, 4) is 5.75 Å². The third-order valence-electron chi connectivity index (χ3n) is 4.76. The van der Waals surface area contributed by atoms with Crippen molar-refractivity contribution in [1.82, 2.24) is 4.90 Å². The molecule has 0 aliphatic carbocycles. The molecule has 0 radical (unpaired) electrons. The fourth-order valence-electron chi connectivity index (χ4n) is 2.87. The van der Waals surface area contributed by atoms with E-state index in [9.17, 15) is 14.4 Å². The SMILES string of the molecule is CCN(CC)C(=O)COC(=O)C(C)c1ccc(OC(=O)c2ccc(N=C(N)N)cc2)cc1. The van der Waals surface area contributed by atoms with Crippen LogP contribution < -0.4 is 16.2 Å². The molecular weight excluding hydrogens is 412 g/mol. The van der Waals surface area contributed by atoms with E-state index in [0.29, 0.717) is 35.7 Å². The third kappa shape index (κ3) is 6.83. The van der Waals surface area contributed by atoms with Gasteiger partial charge in [-0.25, -0.2) is 9.79 Å². The Morgan fingerprint density at radius 2 is 1.56 bits per heavy atom. The van der Waals surface area contributed by atoms with Crippen LogP contribution in [0, 0.1) is 0 Å². The maximum absolute atomic E-state index is 12.3.